The first-order valence-electron chi connectivity index (χ1n) is 10.6. The number of nitrogens with zero attached hydrogens (tertiary/aromatic N) is 1. The van der Waals surface area contributed by atoms with Crippen LogP contribution in [0.2, 0.25) is 0 Å². The number of amides is 2. The van der Waals surface area contributed by atoms with Crippen LogP contribution < -0.4 is 5.32 Å². The van der Waals surface area contributed by atoms with E-state index in [2.05, 4.69) is 5.32 Å². The molecule has 4 fully saturated rings. The summed E-state index contributed by atoms with van der Waals surface area (Å²) in [6, 6.07) is 6.15. The first-order valence-corrected chi connectivity index (χ1v) is 10.6. The van der Waals surface area contributed by atoms with Gasteiger partial charge in [0.15, 0.2) is 0 Å². The van der Waals surface area contributed by atoms with Crippen molar-refractivity contribution in [3.63, 3.8) is 0 Å². The van der Waals surface area contributed by atoms with Gasteiger partial charge in [0.1, 0.15) is 6.04 Å². The van der Waals surface area contributed by atoms with Gasteiger partial charge in [-0.2, -0.15) is 0 Å². The molecule has 4 bridgehead atoms. The maximum absolute atomic E-state index is 13.0. The molecule has 1 aromatic rings. The molecule has 0 aromatic heterocycles. The lowest BCUT2D eigenvalue weighted by Crippen LogP contribution is -2.53. The van der Waals surface area contributed by atoms with Crippen molar-refractivity contribution in [3.8, 4) is 0 Å². The molecule has 29 heavy (non-hydrogen) atoms. The molecule has 1 aromatic carbocycles. The van der Waals surface area contributed by atoms with Crippen LogP contribution in [-0.4, -0.2) is 40.9 Å². The van der Waals surface area contributed by atoms with Gasteiger partial charge in [-0.3, -0.25) is 9.59 Å². The van der Waals surface area contributed by atoms with Gasteiger partial charge < -0.3 is 15.3 Å². The molecule has 0 saturated heterocycles. The summed E-state index contributed by atoms with van der Waals surface area (Å²) in [6.45, 7) is 1.94. The molecule has 2 N–H and O–H groups in total. The Morgan fingerprint density at radius 2 is 1.59 bits per heavy atom. The number of likely N-dealkylation sites (N-methyl/N-ethyl adjacent to an activating group) is 1. The summed E-state index contributed by atoms with van der Waals surface area (Å²) in [5, 5.41) is 12.2. The van der Waals surface area contributed by atoms with Crippen LogP contribution in [0.4, 0.5) is 0 Å². The van der Waals surface area contributed by atoms with Gasteiger partial charge in [-0.25, -0.2) is 4.79 Å². The number of rotatable bonds is 6. The first kappa shape index (κ1) is 19.9. The minimum atomic E-state index is -1.04. The van der Waals surface area contributed by atoms with Gasteiger partial charge in [-0.1, -0.05) is 12.1 Å². The highest BCUT2D eigenvalue weighted by Gasteiger charge is 2.54. The minimum Gasteiger partial charge on any atom is -0.480 e. The Balaban J connectivity index is 1.35. The van der Waals surface area contributed by atoms with E-state index in [0.717, 1.165) is 42.6 Å². The van der Waals surface area contributed by atoms with Crippen LogP contribution in [0.5, 0.6) is 0 Å². The van der Waals surface area contributed by atoms with Crippen LogP contribution in [0.3, 0.4) is 0 Å². The van der Waals surface area contributed by atoms with Crippen molar-refractivity contribution in [2.75, 3.05) is 7.05 Å². The lowest BCUT2D eigenvalue weighted by molar-refractivity contribution is -0.146. The lowest BCUT2D eigenvalue weighted by atomic mass is 9.49. The number of carboxylic acids is 1. The van der Waals surface area contributed by atoms with Crippen LogP contribution in [0, 0.1) is 23.2 Å². The SMILES string of the molecule is CC(C(=O)O)N(C)C(=O)c1ccc(CNC(=O)C23CC4CC(CC(C4)C2)C3)cc1. The number of carbonyl (C=O) groups excluding carboxylic acids is 2. The predicted octanol–water partition coefficient (Wildman–Crippen LogP) is 3.06. The summed E-state index contributed by atoms with van der Waals surface area (Å²) in [5.74, 6) is 1.05. The predicted molar refractivity (Wildman–Crippen MR) is 108 cm³/mol. The molecule has 6 nitrogen and oxygen atoms in total. The standard InChI is InChI=1S/C23H30N2O4/c1-14(21(27)28)25(2)20(26)19-5-3-15(4-6-19)13-24-22(29)23-10-16-7-17(11-23)9-18(8-16)12-23/h3-6,14,16-18H,7-13H2,1-2H3,(H,24,29)(H,27,28). The highest BCUT2D eigenvalue weighted by atomic mass is 16.4. The molecular weight excluding hydrogens is 368 g/mol. The van der Waals surface area contributed by atoms with Gasteiger partial charge >= 0.3 is 5.97 Å². The number of hydrogen-bond donors (Lipinski definition) is 2. The van der Waals surface area contributed by atoms with Crippen molar-refractivity contribution in [3.05, 3.63) is 35.4 Å². The first-order chi connectivity index (χ1) is 13.8. The zero-order chi connectivity index (χ0) is 20.8. The van der Waals surface area contributed by atoms with E-state index in [1.807, 2.05) is 12.1 Å². The highest BCUT2D eigenvalue weighted by molar-refractivity contribution is 5.96. The average molecular weight is 399 g/mol. The van der Waals surface area contributed by atoms with E-state index in [0.29, 0.717) is 12.1 Å². The lowest BCUT2D eigenvalue weighted by Gasteiger charge is -2.55. The fourth-order valence-corrected chi connectivity index (χ4v) is 6.07. The fraction of sp³-hybridized carbons (Fsp3) is 0.609. The van der Waals surface area contributed by atoms with Crippen LogP contribution in [0.15, 0.2) is 24.3 Å². The van der Waals surface area contributed by atoms with Crippen molar-refractivity contribution in [1.82, 2.24) is 10.2 Å². The van der Waals surface area contributed by atoms with Gasteiger partial charge in [0, 0.05) is 24.6 Å². The third-order valence-corrected chi connectivity index (χ3v) is 7.43. The molecule has 2 amide bonds. The van der Waals surface area contributed by atoms with Crippen LogP contribution in [0.1, 0.15) is 61.4 Å². The molecule has 6 heteroatoms. The smallest absolute Gasteiger partial charge is 0.326 e. The molecular formula is C23H30N2O4. The van der Waals surface area contributed by atoms with Crippen molar-refractivity contribution in [1.29, 1.82) is 0 Å². The molecule has 0 radical (unpaired) electrons. The van der Waals surface area contributed by atoms with Gasteiger partial charge in [0.05, 0.1) is 0 Å². The molecule has 1 atom stereocenters. The molecule has 5 rings (SSSR count). The number of carbonyl (C=O) groups is 3. The fourth-order valence-electron chi connectivity index (χ4n) is 6.07. The van der Waals surface area contributed by atoms with Crippen LogP contribution >= 0.6 is 0 Å². The monoisotopic (exact) mass is 398 g/mol. The second-order valence-electron chi connectivity index (χ2n) is 9.51. The zero-order valence-corrected chi connectivity index (χ0v) is 17.2. The molecule has 156 valence electrons. The van der Waals surface area contributed by atoms with Crippen molar-refractivity contribution in [2.45, 2.75) is 58.0 Å². The summed E-state index contributed by atoms with van der Waals surface area (Å²) in [4.78, 5) is 37.8. The Labute approximate surface area is 171 Å². The topological polar surface area (TPSA) is 86.7 Å². The summed E-state index contributed by atoms with van der Waals surface area (Å²) in [6.07, 6.45) is 7.09. The summed E-state index contributed by atoms with van der Waals surface area (Å²) in [5.41, 5.74) is 1.23. The second-order valence-corrected chi connectivity index (χ2v) is 9.51. The van der Waals surface area contributed by atoms with Gasteiger partial charge in [0.2, 0.25) is 5.91 Å². The van der Waals surface area contributed by atoms with Gasteiger partial charge in [-0.15, -0.1) is 0 Å². The van der Waals surface area contributed by atoms with Crippen molar-refractivity contribution >= 4 is 17.8 Å². The molecule has 4 aliphatic rings. The molecule has 1 unspecified atom stereocenters. The largest absolute Gasteiger partial charge is 0.480 e. The molecule has 0 spiro atoms. The third kappa shape index (κ3) is 3.77. The summed E-state index contributed by atoms with van der Waals surface area (Å²) >= 11 is 0. The Morgan fingerprint density at radius 1 is 1.07 bits per heavy atom. The number of aliphatic carboxylic acids is 1. The third-order valence-electron chi connectivity index (χ3n) is 7.43. The minimum absolute atomic E-state index is 0.152. The van der Waals surface area contributed by atoms with E-state index in [-0.39, 0.29) is 17.2 Å². The average Bonchev–Trinajstić information content (AvgIpc) is 2.69. The molecule has 4 saturated carbocycles. The highest BCUT2D eigenvalue weighted by Crippen LogP contribution is 2.60. The Morgan fingerprint density at radius 3 is 2.07 bits per heavy atom. The van der Waals surface area contributed by atoms with E-state index in [9.17, 15) is 14.4 Å². The van der Waals surface area contributed by atoms with E-state index in [1.54, 1.807) is 12.1 Å². The second kappa shape index (κ2) is 7.47. The quantitative estimate of drug-likeness (QED) is 0.771. The van der Waals surface area contributed by atoms with Crippen molar-refractivity contribution < 1.29 is 19.5 Å². The molecule has 0 heterocycles. The van der Waals surface area contributed by atoms with Crippen molar-refractivity contribution in [2.24, 2.45) is 23.2 Å². The summed E-state index contributed by atoms with van der Waals surface area (Å²) in [7, 11) is 1.49. The van der Waals surface area contributed by atoms with E-state index < -0.39 is 12.0 Å². The van der Waals surface area contributed by atoms with Gasteiger partial charge in [-0.05, 0) is 80.9 Å². The Kier molecular flexibility index (Phi) is 5.13. The zero-order valence-electron chi connectivity index (χ0n) is 17.2. The maximum atomic E-state index is 13.0. The Bertz CT molecular complexity index is 781. The molecule has 4 aliphatic carbocycles. The van der Waals surface area contributed by atoms with Crippen LogP contribution in [-0.2, 0) is 16.1 Å². The van der Waals surface area contributed by atoms with Gasteiger partial charge in [0.25, 0.3) is 5.91 Å². The maximum Gasteiger partial charge on any atom is 0.326 e. The number of carboxylic acid groups (broad SMARTS) is 1. The number of benzene rings is 1. The Hall–Kier alpha value is -2.37. The van der Waals surface area contributed by atoms with E-state index >= 15 is 0 Å². The van der Waals surface area contributed by atoms with E-state index in [4.69, 9.17) is 5.11 Å². The number of hydrogen-bond acceptors (Lipinski definition) is 3. The van der Waals surface area contributed by atoms with Crippen LogP contribution in [0.25, 0.3) is 0 Å². The molecule has 0 aliphatic heterocycles. The normalized spacial score (nSPS) is 30.6. The summed E-state index contributed by atoms with van der Waals surface area (Å²) < 4.78 is 0. The van der Waals surface area contributed by atoms with E-state index in [1.165, 1.54) is 38.1 Å². The number of nitrogens with one attached hydrogen (secondary N) is 1.